The summed E-state index contributed by atoms with van der Waals surface area (Å²) in [6.45, 7) is 5.87. The topological polar surface area (TPSA) is 0 Å². The van der Waals surface area contributed by atoms with E-state index < -0.39 is 7.38 Å². The molecule has 1 aromatic carbocycles. The maximum atomic E-state index is 6.43. The molecular formula is C10H13ClSi. The van der Waals surface area contributed by atoms with Gasteiger partial charge < -0.3 is 0 Å². The standard InChI is InChI=1S/C10H13ClSi/c1-3-9-12(2,11)10-7-5-4-6-8-10/h3-8H,1,9H2,2H3. The Labute approximate surface area is 79.6 Å². The van der Waals surface area contributed by atoms with Gasteiger partial charge in [-0.25, -0.2) is 0 Å². The molecule has 12 heavy (non-hydrogen) atoms. The van der Waals surface area contributed by atoms with Gasteiger partial charge in [0.25, 0.3) is 0 Å². The van der Waals surface area contributed by atoms with E-state index in [-0.39, 0.29) is 0 Å². The minimum Gasteiger partial charge on any atom is -0.161 e. The van der Waals surface area contributed by atoms with Gasteiger partial charge in [0.2, 0.25) is 0 Å². The molecular weight excluding hydrogens is 184 g/mol. The fourth-order valence-electron chi connectivity index (χ4n) is 1.17. The maximum Gasteiger partial charge on any atom is 0.187 e. The van der Waals surface area contributed by atoms with Gasteiger partial charge in [0, 0.05) is 0 Å². The first-order valence-electron chi connectivity index (χ1n) is 4.02. The lowest BCUT2D eigenvalue weighted by Crippen LogP contribution is -2.37. The number of benzene rings is 1. The first-order chi connectivity index (χ1) is 5.67. The Morgan fingerprint density at radius 2 is 2.00 bits per heavy atom. The molecule has 0 aliphatic carbocycles. The molecule has 0 aromatic heterocycles. The van der Waals surface area contributed by atoms with Gasteiger partial charge in [-0.3, -0.25) is 0 Å². The summed E-state index contributed by atoms with van der Waals surface area (Å²) in [5.74, 6) is 0. The summed E-state index contributed by atoms with van der Waals surface area (Å²) in [6.07, 6.45) is 1.91. The molecule has 1 unspecified atom stereocenters. The lowest BCUT2D eigenvalue weighted by Gasteiger charge is -2.17. The van der Waals surface area contributed by atoms with Crippen molar-refractivity contribution in [3.8, 4) is 0 Å². The number of halogens is 1. The van der Waals surface area contributed by atoms with Crippen LogP contribution < -0.4 is 5.19 Å². The van der Waals surface area contributed by atoms with Crippen molar-refractivity contribution in [1.29, 1.82) is 0 Å². The van der Waals surface area contributed by atoms with Crippen LogP contribution >= 0.6 is 11.1 Å². The van der Waals surface area contributed by atoms with Crippen LogP contribution in [0.1, 0.15) is 0 Å². The third kappa shape index (κ3) is 2.22. The Morgan fingerprint density at radius 1 is 1.42 bits per heavy atom. The molecule has 64 valence electrons. The molecule has 0 nitrogen and oxygen atoms in total. The summed E-state index contributed by atoms with van der Waals surface area (Å²) >= 11 is 6.43. The van der Waals surface area contributed by atoms with Crippen LogP contribution in [0.5, 0.6) is 0 Å². The molecule has 0 spiro atoms. The van der Waals surface area contributed by atoms with Crippen LogP contribution in [0.15, 0.2) is 43.0 Å². The van der Waals surface area contributed by atoms with E-state index in [1.165, 1.54) is 5.19 Å². The molecule has 2 heteroatoms. The van der Waals surface area contributed by atoms with Crippen LogP contribution in [0, 0.1) is 0 Å². The van der Waals surface area contributed by atoms with Crippen molar-refractivity contribution in [2.45, 2.75) is 12.6 Å². The van der Waals surface area contributed by atoms with Crippen molar-refractivity contribution in [3.05, 3.63) is 43.0 Å². The lowest BCUT2D eigenvalue weighted by molar-refractivity contribution is 1.61. The molecule has 1 aromatic rings. The highest BCUT2D eigenvalue weighted by molar-refractivity contribution is 7.27. The summed E-state index contributed by atoms with van der Waals surface area (Å²) in [6, 6.07) is 11.2. The number of hydrogen-bond donors (Lipinski definition) is 0. The van der Waals surface area contributed by atoms with Gasteiger partial charge in [-0.15, -0.1) is 6.58 Å². The Bertz CT molecular complexity index is 254. The smallest absolute Gasteiger partial charge is 0.161 e. The molecule has 1 atom stereocenters. The highest BCUT2D eigenvalue weighted by atomic mass is 35.6. The lowest BCUT2D eigenvalue weighted by atomic mass is 10.4. The van der Waals surface area contributed by atoms with Gasteiger partial charge in [0.1, 0.15) is 0 Å². The molecule has 0 fully saturated rings. The Morgan fingerprint density at radius 3 is 2.50 bits per heavy atom. The van der Waals surface area contributed by atoms with Crippen LogP contribution in [0.4, 0.5) is 0 Å². The molecule has 0 amide bonds. The van der Waals surface area contributed by atoms with Crippen LogP contribution in [-0.2, 0) is 0 Å². The third-order valence-electron chi connectivity index (χ3n) is 1.90. The number of hydrogen-bond acceptors (Lipinski definition) is 0. The molecule has 0 N–H and O–H groups in total. The fraction of sp³-hybridized carbons (Fsp3) is 0.200. The molecule has 1 rings (SSSR count). The minimum atomic E-state index is -1.73. The first kappa shape index (κ1) is 9.55. The normalized spacial score (nSPS) is 15.2. The Balaban J connectivity index is 2.89. The fourth-order valence-corrected chi connectivity index (χ4v) is 3.55. The second kappa shape index (κ2) is 3.92. The molecule has 0 saturated heterocycles. The zero-order chi connectivity index (χ0) is 9.03. The van der Waals surface area contributed by atoms with Gasteiger partial charge in [0.05, 0.1) is 0 Å². The highest BCUT2D eigenvalue weighted by Gasteiger charge is 2.24. The summed E-state index contributed by atoms with van der Waals surface area (Å²) in [7, 11) is -1.73. The summed E-state index contributed by atoms with van der Waals surface area (Å²) in [4.78, 5) is 0. The van der Waals surface area contributed by atoms with Crippen molar-refractivity contribution in [2.75, 3.05) is 0 Å². The van der Waals surface area contributed by atoms with Gasteiger partial charge in [-0.1, -0.05) is 43.0 Å². The van der Waals surface area contributed by atoms with Crippen molar-refractivity contribution >= 4 is 23.6 Å². The molecule has 0 aliphatic rings. The van der Waals surface area contributed by atoms with Gasteiger partial charge in [-0.05, 0) is 11.2 Å². The van der Waals surface area contributed by atoms with Gasteiger partial charge >= 0.3 is 0 Å². The van der Waals surface area contributed by atoms with E-state index in [1.54, 1.807) is 0 Å². The van der Waals surface area contributed by atoms with E-state index >= 15 is 0 Å². The Hall–Kier alpha value is -0.533. The predicted molar refractivity (Wildman–Crippen MR) is 58.6 cm³/mol. The van der Waals surface area contributed by atoms with E-state index in [9.17, 15) is 0 Å². The zero-order valence-corrected chi connectivity index (χ0v) is 9.01. The molecule has 0 bridgehead atoms. The molecule has 0 radical (unpaired) electrons. The van der Waals surface area contributed by atoms with Gasteiger partial charge in [0.15, 0.2) is 7.38 Å². The summed E-state index contributed by atoms with van der Waals surface area (Å²) in [5.41, 5.74) is 0. The van der Waals surface area contributed by atoms with Crippen LogP contribution in [0.3, 0.4) is 0 Å². The van der Waals surface area contributed by atoms with Crippen molar-refractivity contribution < 1.29 is 0 Å². The van der Waals surface area contributed by atoms with Crippen LogP contribution in [0.25, 0.3) is 0 Å². The molecule has 0 aliphatic heterocycles. The largest absolute Gasteiger partial charge is 0.187 e. The van der Waals surface area contributed by atoms with E-state index in [0.29, 0.717) is 0 Å². The predicted octanol–water partition coefficient (Wildman–Crippen LogP) is 2.89. The average Bonchev–Trinajstić information content (AvgIpc) is 2.06. The molecule has 0 saturated carbocycles. The van der Waals surface area contributed by atoms with Crippen molar-refractivity contribution in [1.82, 2.24) is 0 Å². The van der Waals surface area contributed by atoms with Crippen LogP contribution in [-0.4, -0.2) is 7.38 Å². The minimum absolute atomic E-state index is 0.929. The van der Waals surface area contributed by atoms with E-state index in [0.717, 1.165) is 6.04 Å². The number of allylic oxidation sites excluding steroid dienone is 1. The van der Waals surface area contributed by atoms with Gasteiger partial charge in [-0.2, -0.15) is 11.1 Å². The monoisotopic (exact) mass is 196 g/mol. The van der Waals surface area contributed by atoms with E-state index in [4.69, 9.17) is 11.1 Å². The van der Waals surface area contributed by atoms with Crippen LogP contribution in [0.2, 0.25) is 12.6 Å². The SMILES string of the molecule is C=CC[Si](C)(Cl)c1ccccc1. The first-order valence-corrected chi connectivity index (χ1v) is 7.74. The molecule has 0 heterocycles. The summed E-state index contributed by atoms with van der Waals surface area (Å²) < 4.78 is 0. The number of rotatable bonds is 3. The average molecular weight is 197 g/mol. The highest BCUT2D eigenvalue weighted by Crippen LogP contribution is 2.14. The van der Waals surface area contributed by atoms with E-state index in [2.05, 4.69) is 25.3 Å². The quantitative estimate of drug-likeness (QED) is 0.396. The van der Waals surface area contributed by atoms with Crippen molar-refractivity contribution in [3.63, 3.8) is 0 Å². The zero-order valence-electron chi connectivity index (χ0n) is 7.26. The third-order valence-corrected chi connectivity index (χ3v) is 5.61. The van der Waals surface area contributed by atoms with Crippen molar-refractivity contribution in [2.24, 2.45) is 0 Å². The maximum absolute atomic E-state index is 6.43. The second-order valence-corrected chi connectivity index (χ2v) is 8.94. The second-order valence-electron chi connectivity index (χ2n) is 3.06. The Kier molecular flexibility index (Phi) is 3.12. The van der Waals surface area contributed by atoms with E-state index in [1.807, 2.05) is 24.3 Å². The summed E-state index contributed by atoms with van der Waals surface area (Å²) in [5, 5.41) is 1.28.